The zero-order chi connectivity index (χ0) is 16.2. The van der Waals surface area contributed by atoms with Gasteiger partial charge in [-0.2, -0.15) is 5.10 Å². The van der Waals surface area contributed by atoms with Crippen molar-refractivity contribution in [1.29, 1.82) is 0 Å². The van der Waals surface area contributed by atoms with Crippen LogP contribution in [-0.2, 0) is 6.54 Å². The van der Waals surface area contributed by atoms with Crippen LogP contribution < -0.4 is 5.32 Å². The van der Waals surface area contributed by atoms with Crippen molar-refractivity contribution in [2.45, 2.75) is 20.4 Å². The Balaban J connectivity index is 1.69. The maximum absolute atomic E-state index is 12.3. The molecule has 23 heavy (non-hydrogen) atoms. The van der Waals surface area contributed by atoms with Crippen LogP contribution in [0.1, 0.15) is 27.0 Å². The molecule has 5 heteroatoms. The first-order chi connectivity index (χ1) is 11.1. The molecule has 0 aliphatic carbocycles. The molecule has 0 spiro atoms. The highest BCUT2D eigenvalue weighted by atomic mass is 16.1. The Morgan fingerprint density at radius 1 is 1.09 bits per heavy atom. The van der Waals surface area contributed by atoms with E-state index in [9.17, 15) is 4.79 Å². The summed E-state index contributed by atoms with van der Waals surface area (Å²) in [5.74, 6) is -0.0965. The molecule has 1 heterocycles. The molecule has 0 atom stereocenters. The zero-order valence-corrected chi connectivity index (χ0v) is 13.2. The van der Waals surface area contributed by atoms with Crippen LogP contribution in [0.4, 0.5) is 5.69 Å². The van der Waals surface area contributed by atoms with Crippen LogP contribution in [0.5, 0.6) is 0 Å². The van der Waals surface area contributed by atoms with Gasteiger partial charge in [0.05, 0.1) is 6.54 Å². The van der Waals surface area contributed by atoms with Gasteiger partial charge in [-0.1, -0.05) is 29.3 Å². The van der Waals surface area contributed by atoms with E-state index in [0.717, 1.165) is 22.4 Å². The van der Waals surface area contributed by atoms with Crippen LogP contribution in [0.2, 0.25) is 0 Å². The third kappa shape index (κ3) is 3.83. The number of carbonyl (C=O) groups is 1. The van der Waals surface area contributed by atoms with Gasteiger partial charge < -0.3 is 5.32 Å². The number of amides is 1. The first-order valence-corrected chi connectivity index (χ1v) is 7.41. The van der Waals surface area contributed by atoms with Crippen molar-refractivity contribution in [3.8, 4) is 0 Å². The number of hydrogen-bond acceptors (Lipinski definition) is 3. The monoisotopic (exact) mass is 306 g/mol. The van der Waals surface area contributed by atoms with E-state index >= 15 is 0 Å². The molecule has 1 amide bonds. The van der Waals surface area contributed by atoms with Crippen molar-refractivity contribution in [3.05, 3.63) is 77.4 Å². The van der Waals surface area contributed by atoms with E-state index in [0.29, 0.717) is 12.1 Å². The lowest BCUT2D eigenvalue weighted by atomic mass is 10.1. The summed E-state index contributed by atoms with van der Waals surface area (Å²) in [6.07, 6.45) is 3.19. The number of anilines is 1. The average Bonchev–Trinajstić information content (AvgIpc) is 3.01. The SMILES string of the molecule is Cc1cc(C)cc(C(=O)Nc2ccc(Cn3cncn3)cc2)c1. The molecular formula is C18H18N4O. The van der Waals surface area contributed by atoms with E-state index in [4.69, 9.17) is 0 Å². The Hall–Kier alpha value is -2.95. The van der Waals surface area contributed by atoms with E-state index in [2.05, 4.69) is 21.5 Å². The van der Waals surface area contributed by atoms with Crippen LogP contribution in [0.15, 0.2) is 55.1 Å². The Morgan fingerprint density at radius 2 is 1.78 bits per heavy atom. The van der Waals surface area contributed by atoms with Gasteiger partial charge in [0.2, 0.25) is 0 Å². The largest absolute Gasteiger partial charge is 0.322 e. The fourth-order valence-corrected chi connectivity index (χ4v) is 2.50. The number of hydrogen-bond donors (Lipinski definition) is 1. The molecule has 1 aromatic heterocycles. The second-order valence-electron chi connectivity index (χ2n) is 5.62. The highest BCUT2D eigenvalue weighted by molar-refractivity contribution is 6.04. The second-order valence-corrected chi connectivity index (χ2v) is 5.62. The smallest absolute Gasteiger partial charge is 0.255 e. The van der Waals surface area contributed by atoms with Crippen LogP contribution in [0.25, 0.3) is 0 Å². The molecule has 0 fully saturated rings. The average molecular weight is 306 g/mol. The summed E-state index contributed by atoms with van der Waals surface area (Å²) in [5.41, 5.74) is 4.71. The molecule has 0 aliphatic heterocycles. The summed E-state index contributed by atoms with van der Waals surface area (Å²) < 4.78 is 1.75. The fourth-order valence-electron chi connectivity index (χ4n) is 2.50. The van der Waals surface area contributed by atoms with Crippen molar-refractivity contribution in [1.82, 2.24) is 14.8 Å². The minimum atomic E-state index is -0.0965. The van der Waals surface area contributed by atoms with Gasteiger partial charge in [-0.25, -0.2) is 9.67 Å². The number of benzene rings is 2. The van der Waals surface area contributed by atoms with Crippen molar-refractivity contribution in [2.24, 2.45) is 0 Å². The summed E-state index contributed by atoms with van der Waals surface area (Å²) in [4.78, 5) is 16.2. The maximum Gasteiger partial charge on any atom is 0.255 e. The highest BCUT2D eigenvalue weighted by Gasteiger charge is 2.07. The molecule has 5 nitrogen and oxygen atoms in total. The van der Waals surface area contributed by atoms with Crippen LogP contribution in [-0.4, -0.2) is 20.7 Å². The van der Waals surface area contributed by atoms with Crippen molar-refractivity contribution < 1.29 is 4.79 Å². The quantitative estimate of drug-likeness (QED) is 0.805. The maximum atomic E-state index is 12.3. The number of rotatable bonds is 4. The molecule has 116 valence electrons. The first-order valence-electron chi connectivity index (χ1n) is 7.41. The summed E-state index contributed by atoms with van der Waals surface area (Å²) in [7, 11) is 0. The summed E-state index contributed by atoms with van der Waals surface area (Å²) in [5, 5.41) is 7.00. The third-order valence-electron chi connectivity index (χ3n) is 3.51. The number of aromatic nitrogens is 3. The van der Waals surface area contributed by atoms with Crippen LogP contribution in [0.3, 0.4) is 0 Å². The lowest BCUT2D eigenvalue weighted by Crippen LogP contribution is -2.12. The van der Waals surface area contributed by atoms with Crippen molar-refractivity contribution >= 4 is 11.6 Å². The minimum Gasteiger partial charge on any atom is -0.322 e. The number of nitrogens with zero attached hydrogens (tertiary/aromatic N) is 3. The molecule has 0 saturated carbocycles. The third-order valence-corrected chi connectivity index (χ3v) is 3.51. The molecule has 0 radical (unpaired) electrons. The Labute approximate surface area is 135 Å². The Bertz CT molecular complexity index is 787. The molecule has 0 unspecified atom stereocenters. The van der Waals surface area contributed by atoms with Gasteiger partial charge in [-0.3, -0.25) is 4.79 Å². The number of carbonyl (C=O) groups excluding carboxylic acids is 1. The van der Waals surface area contributed by atoms with Gasteiger partial charge in [0, 0.05) is 11.3 Å². The van der Waals surface area contributed by atoms with Crippen LogP contribution >= 0.6 is 0 Å². The lowest BCUT2D eigenvalue weighted by molar-refractivity contribution is 0.102. The predicted octanol–water partition coefficient (Wildman–Crippen LogP) is 3.20. The standard InChI is InChI=1S/C18H18N4O/c1-13-7-14(2)9-16(8-13)18(23)21-17-5-3-15(4-6-17)10-22-12-19-11-20-22/h3-9,11-12H,10H2,1-2H3,(H,21,23). The van der Waals surface area contributed by atoms with E-state index in [1.54, 1.807) is 11.0 Å². The molecule has 2 aromatic carbocycles. The van der Waals surface area contributed by atoms with Gasteiger partial charge >= 0.3 is 0 Å². The first kappa shape index (κ1) is 15.0. The minimum absolute atomic E-state index is 0.0965. The van der Waals surface area contributed by atoms with Gasteiger partial charge in [-0.15, -0.1) is 0 Å². The molecular weight excluding hydrogens is 288 g/mol. The highest BCUT2D eigenvalue weighted by Crippen LogP contribution is 2.14. The normalized spacial score (nSPS) is 10.5. The summed E-state index contributed by atoms with van der Waals surface area (Å²) in [6.45, 7) is 4.64. The van der Waals surface area contributed by atoms with E-state index in [1.165, 1.54) is 6.33 Å². The zero-order valence-electron chi connectivity index (χ0n) is 13.2. The number of nitrogens with one attached hydrogen (secondary N) is 1. The molecule has 0 aliphatic rings. The second kappa shape index (κ2) is 6.44. The van der Waals surface area contributed by atoms with Gasteiger partial charge in [0.15, 0.2) is 0 Å². The molecule has 0 saturated heterocycles. The summed E-state index contributed by atoms with van der Waals surface area (Å²) >= 11 is 0. The van der Waals surface area contributed by atoms with Gasteiger partial charge in [0.25, 0.3) is 5.91 Å². The topological polar surface area (TPSA) is 59.8 Å². The van der Waals surface area contributed by atoms with Crippen LogP contribution in [0, 0.1) is 13.8 Å². The van der Waals surface area contributed by atoms with Gasteiger partial charge in [0.1, 0.15) is 12.7 Å². The predicted molar refractivity (Wildman–Crippen MR) is 89.4 cm³/mol. The fraction of sp³-hybridized carbons (Fsp3) is 0.167. The molecule has 3 aromatic rings. The lowest BCUT2D eigenvalue weighted by Gasteiger charge is -2.08. The van der Waals surface area contributed by atoms with Crippen molar-refractivity contribution in [3.63, 3.8) is 0 Å². The Kier molecular flexibility index (Phi) is 4.19. The molecule has 0 bridgehead atoms. The number of aryl methyl sites for hydroxylation is 2. The molecule has 3 rings (SSSR count). The van der Waals surface area contributed by atoms with Gasteiger partial charge in [-0.05, 0) is 43.7 Å². The summed E-state index contributed by atoms with van der Waals surface area (Å²) in [6, 6.07) is 13.6. The van der Waals surface area contributed by atoms with E-state index in [1.807, 2.05) is 50.2 Å². The van der Waals surface area contributed by atoms with E-state index in [-0.39, 0.29) is 5.91 Å². The molecule has 1 N–H and O–H groups in total. The van der Waals surface area contributed by atoms with E-state index < -0.39 is 0 Å². The van der Waals surface area contributed by atoms with Crippen molar-refractivity contribution in [2.75, 3.05) is 5.32 Å². The Morgan fingerprint density at radius 3 is 2.39 bits per heavy atom.